The second kappa shape index (κ2) is 7.61. The van der Waals surface area contributed by atoms with Crippen LogP contribution in [0.5, 0.6) is 0 Å². The Morgan fingerprint density at radius 2 is 2.03 bits per heavy atom. The van der Waals surface area contributed by atoms with Gasteiger partial charge in [0.15, 0.2) is 0 Å². The summed E-state index contributed by atoms with van der Waals surface area (Å²) >= 11 is 0. The molecular weight excluding hydrogens is 364 g/mol. The lowest BCUT2D eigenvalue weighted by Gasteiger charge is -2.30. The van der Waals surface area contributed by atoms with E-state index in [9.17, 15) is 4.79 Å². The quantitative estimate of drug-likeness (QED) is 0.728. The number of ether oxygens (including phenoxy) is 1. The molecule has 0 unspecified atom stereocenters. The summed E-state index contributed by atoms with van der Waals surface area (Å²) in [5, 5.41) is 0. The van der Waals surface area contributed by atoms with Crippen LogP contribution in [-0.4, -0.2) is 65.6 Å². The van der Waals surface area contributed by atoms with Gasteiger partial charge >= 0.3 is 0 Å². The van der Waals surface area contributed by atoms with Crippen LogP contribution in [-0.2, 0) is 4.74 Å². The zero-order chi connectivity index (χ0) is 19.8. The summed E-state index contributed by atoms with van der Waals surface area (Å²) in [5.41, 5.74) is 3.73. The first kappa shape index (κ1) is 18.3. The molecule has 6 nitrogen and oxygen atoms in total. The number of nitrogens with zero attached hydrogens (tertiary/aromatic N) is 3. The number of fused-ring (bicyclic) bond motifs is 2. The van der Waals surface area contributed by atoms with Gasteiger partial charge in [-0.25, -0.2) is 4.98 Å². The molecule has 150 valence electrons. The molecule has 3 aromatic rings. The Labute approximate surface area is 170 Å². The summed E-state index contributed by atoms with van der Waals surface area (Å²) in [5.74, 6) is 1.05. The van der Waals surface area contributed by atoms with Crippen molar-refractivity contribution in [2.45, 2.75) is 6.04 Å². The molecule has 0 bridgehead atoms. The summed E-state index contributed by atoms with van der Waals surface area (Å²) < 4.78 is 5.27. The molecule has 29 heavy (non-hydrogen) atoms. The molecule has 1 amide bonds. The summed E-state index contributed by atoms with van der Waals surface area (Å²) in [7, 11) is 1.75. The number of H-pyrrole nitrogens is 1. The number of aromatic nitrogens is 2. The van der Waals surface area contributed by atoms with Crippen molar-refractivity contribution in [3.63, 3.8) is 0 Å². The van der Waals surface area contributed by atoms with Crippen LogP contribution in [0.25, 0.3) is 11.0 Å². The highest BCUT2D eigenvalue weighted by atomic mass is 16.5. The number of carbonyl (C=O) groups excluding carboxylic acids is 1. The Bertz CT molecular complexity index is 1000. The smallest absolute Gasteiger partial charge is 0.254 e. The number of aromatic amines is 1. The lowest BCUT2D eigenvalue weighted by Crippen LogP contribution is -2.36. The fourth-order valence-electron chi connectivity index (χ4n) is 5.06. The average Bonchev–Trinajstić information content (AvgIpc) is 3.45. The van der Waals surface area contributed by atoms with Crippen LogP contribution in [0.4, 0.5) is 0 Å². The Morgan fingerprint density at radius 3 is 2.86 bits per heavy atom. The van der Waals surface area contributed by atoms with E-state index in [1.807, 2.05) is 24.3 Å². The highest BCUT2D eigenvalue weighted by molar-refractivity contribution is 5.97. The van der Waals surface area contributed by atoms with Gasteiger partial charge in [0.1, 0.15) is 0 Å². The molecule has 0 saturated carbocycles. The highest BCUT2D eigenvalue weighted by Gasteiger charge is 2.49. The molecule has 0 radical (unpaired) electrons. The van der Waals surface area contributed by atoms with Crippen LogP contribution < -0.4 is 0 Å². The first-order valence-corrected chi connectivity index (χ1v) is 10.2. The van der Waals surface area contributed by atoms with Crippen molar-refractivity contribution in [2.24, 2.45) is 11.8 Å². The molecule has 0 spiro atoms. The number of methoxy groups -OCH3 is 1. The van der Waals surface area contributed by atoms with Gasteiger partial charge in [-0.1, -0.05) is 30.3 Å². The second-order valence-corrected chi connectivity index (χ2v) is 8.12. The van der Waals surface area contributed by atoms with Crippen molar-refractivity contribution in [1.82, 2.24) is 19.8 Å². The number of carbonyl (C=O) groups is 1. The number of benzene rings is 2. The number of nitrogens with one attached hydrogen (secondary N) is 1. The van der Waals surface area contributed by atoms with Crippen LogP contribution in [0.1, 0.15) is 22.0 Å². The van der Waals surface area contributed by atoms with E-state index in [1.54, 1.807) is 13.4 Å². The number of imidazole rings is 1. The van der Waals surface area contributed by atoms with E-state index in [2.05, 4.69) is 44.0 Å². The van der Waals surface area contributed by atoms with Gasteiger partial charge in [0.2, 0.25) is 0 Å². The molecule has 5 rings (SSSR count). The minimum absolute atomic E-state index is 0.105. The zero-order valence-electron chi connectivity index (χ0n) is 16.6. The normalized spacial score (nSPS) is 24.3. The van der Waals surface area contributed by atoms with Gasteiger partial charge in [-0.15, -0.1) is 0 Å². The Kier molecular flexibility index (Phi) is 4.81. The second-order valence-electron chi connectivity index (χ2n) is 8.12. The molecule has 1 aromatic heterocycles. The third-order valence-corrected chi connectivity index (χ3v) is 6.42. The van der Waals surface area contributed by atoms with Crippen LogP contribution >= 0.6 is 0 Å². The van der Waals surface area contributed by atoms with Crippen LogP contribution in [0.3, 0.4) is 0 Å². The van der Waals surface area contributed by atoms with Gasteiger partial charge < -0.3 is 19.5 Å². The largest absolute Gasteiger partial charge is 0.383 e. The first-order valence-electron chi connectivity index (χ1n) is 10.2. The minimum atomic E-state index is 0.105. The van der Waals surface area contributed by atoms with Crippen molar-refractivity contribution in [3.05, 3.63) is 66.0 Å². The van der Waals surface area contributed by atoms with Gasteiger partial charge in [0.25, 0.3) is 5.91 Å². The van der Waals surface area contributed by atoms with Crippen LogP contribution in [0.2, 0.25) is 0 Å². The standard InChI is InChI=1S/C23H26N4O2/c1-29-10-9-26-12-18-13-27(22(19(18)14-26)16-5-3-2-4-6-16)23(28)17-7-8-20-21(11-17)25-15-24-20/h2-8,11,15,18-19,22H,9-10,12-14H2,1H3,(H,24,25)/t18-,19-,22+/m0/s1. The average molecular weight is 390 g/mol. The van der Waals surface area contributed by atoms with Crippen molar-refractivity contribution < 1.29 is 9.53 Å². The van der Waals surface area contributed by atoms with Gasteiger partial charge in [0, 0.05) is 44.8 Å². The SMILES string of the molecule is COCCN1C[C@H]2CN(C(=O)c3ccc4nc[nH]c4c3)[C@H](c3ccccc3)[C@H]2C1. The molecule has 3 atom stereocenters. The molecule has 2 aromatic carbocycles. The number of hydrogen-bond donors (Lipinski definition) is 1. The Hall–Kier alpha value is -2.70. The maximum absolute atomic E-state index is 13.5. The number of hydrogen-bond acceptors (Lipinski definition) is 4. The van der Waals surface area contributed by atoms with E-state index >= 15 is 0 Å². The number of rotatable bonds is 5. The number of likely N-dealkylation sites (tertiary alicyclic amines) is 2. The Morgan fingerprint density at radius 1 is 1.17 bits per heavy atom. The van der Waals surface area contributed by atoms with E-state index in [4.69, 9.17) is 4.74 Å². The van der Waals surface area contributed by atoms with E-state index in [1.165, 1.54) is 5.56 Å². The van der Waals surface area contributed by atoms with Crippen molar-refractivity contribution >= 4 is 16.9 Å². The zero-order valence-corrected chi connectivity index (χ0v) is 16.6. The maximum Gasteiger partial charge on any atom is 0.254 e. The van der Waals surface area contributed by atoms with Gasteiger partial charge in [-0.05, 0) is 29.7 Å². The van der Waals surface area contributed by atoms with E-state index in [0.29, 0.717) is 11.8 Å². The molecule has 2 saturated heterocycles. The summed E-state index contributed by atoms with van der Waals surface area (Å²) in [6.45, 7) is 4.54. The van der Waals surface area contributed by atoms with Gasteiger partial charge in [-0.2, -0.15) is 0 Å². The van der Waals surface area contributed by atoms with Crippen molar-refractivity contribution in [3.8, 4) is 0 Å². The van der Waals surface area contributed by atoms with Crippen molar-refractivity contribution in [2.75, 3.05) is 39.9 Å². The summed E-state index contributed by atoms with van der Waals surface area (Å²) in [6.07, 6.45) is 1.67. The van der Waals surface area contributed by atoms with Crippen molar-refractivity contribution in [1.29, 1.82) is 0 Å². The molecule has 0 aliphatic carbocycles. The Balaban J connectivity index is 1.45. The fourth-order valence-corrected chi connectivity index (χ4v) is 5.06. The third-order valence-electron chi connectivity index (χ3n) is 6.42. The molecule has 1 N–H and O–H groups in total. The van der Waals surface area contributed by atoms with E-state index in [-0.39, 0.29) is 11.9 Å². The highest BCUT2D eigenvalue weighted by Crippen LogP contribution is 2.45. The predicted octanol–water partition coefficient (Wildman–Crippen LogP) is 2.95. The van der Waals surface area contributed by atoms with Gasteiger partial charge in [-0.3, -0.25) is 4.79 Å². The van der Waals surface area contributed by atoms with Crippen LogP contribution in [0, 0.1) is 11.8 Å². The third kappa shape index (κ3) is 3.32. The molecule has 3 heterocycles. The fraction of sp³-hybridized carbons (Fsp3) is 0.391. The molecule has 6 heteroatoms. The molecular formula is C23H26N4O2. The monoisotopic (exact) mass is 390 g/mol. The molecule has 2 aliphatic heterocycles. The van der Waals surface area contributed by atoms with E-state index in [0.717, 1.165) is 49.4 Å². The van der Waals surface area contributed by atoms with Gasteiger partial charge in [0.05, 0.1) is 30.0 Å². The minimum Gasteiger partial charge on any atom is -0.383 e. The van der Waals surface area contributed by atoms with Crippen LogP contribution in [0.15, 0.2) is 54.9 Å². The topological polar surface area (TPSA) is 61.5 Å². The lowest BCUT2D eigenvalue weighted by atomic mass is 9.89. The molecule has 2 aliphatic rings. The maximum atomic E-state index is 13.5. The lowest BCUT2D eigenvalue weighted by molar-refractivity contribution is 0.0695. The van der Waals surface area contributed by atoms with E-state index < -0.39 is 0 Å². The summed E-state index contributed by atoms with van der Waals surface area (Å²) in [6, 6.07) is 16.3. The predicted molar refractivity (Wildman–Crippen MR) is 112 cm³/mol. The number of amides is 1. The molecule has 2 fully saturated rings. The summed E-state index contributed by atoms with van der Waals surface area (Å²) in [4.78, 5) is 25.5. The first-order chi connectivity index (χ1) is 14.2.